The van der Waals surface area contributed by atoms with Gasteiger partial charge in [0.25, 0.3) is 0 Å². The Morgan fingerprint density at radius 3 is 2.24 bits per heavy atom. The highest BCUT2D eigenvalue weighted by atomic mass is 35.5. The molecular weight excluding hydrogens is 358 g/mol. The van der Waals surface area contributed by atoms with Crippen LogP contribution in [0.2, 0.25) is 0 Å². The van der Waals surface area contributed by atoms with Gasteiger partial charge in [0.05, 0.1) is 12.5 Å². The van der Waals surface area contributed by atoms with Gasteiger partial charge in [0.2, 0.25) is 11.8 Å². The largest absolute Gasteiger partial charge is 0.339 e. The lowest BCUT2D eigenvalue weighted by Gasteiger charge is -2.36. The number of rotatable bonds is 6. The van der Waals surface area contributed by atoms with Crippen LogP contribution in [0.5, 0.6) is 0 Å². The Bertz CT molecular complexity index is 560. The number of benzene rings is 1. The summed E-state index contributed by atoms with van der Waals surface area (Å²) in [5.41, 5.74) is 8.18. The van der Waals surface area contributed by atoms with Gasteiger partial charge >= 0.3 is 0 Å². The summed E-state index contributed by atoms with van der Waals surface area (Å²) in [7, 11) is 0. The van der Waals surface area contributed by atoms with Gasteiger partial charge in [-0.1, -0.05) is 29.8 Å². The summed E-state index contributed by atoms with van der Waals surface area (Å²) in [4.78, 5) is 28.3. The summed E-state index contributed by atoms with van der Waals surface area (Å²) >= 11 is 1.70. The van der Waals surface area contributed by atoms with E-state index in [4.69, 9.17) is 5.73 Å². The van der Waals surface area contributed by atoms with Gasteiger partial charge in [-0.2, -0.15) is 11.8 Å². The fourth-order valence-electron chi connectivity index (χ4n) is 2.77. The number of thioether (sulfide) groups is 1. The van der Waals surface area contributed by atoms with Crippen molar-refractivity contribution in [3.05, 3.63) is 35.4 Å². The number of carbonyl (C=O) groups excluding carboxylic acids is 2. The molecule has 140 valence electrons. The molecule has 1 aliphatic heterocycles. The van der Waals surface area contributed by atoms with Gasteiger partial charge in [-0.25, -0.2) is 0 Å². The molecule has 0 radical (unpaired) electrons. The van der Waals surface area contributed by atoms with Crippen LogP contribution in [0.3, 0.4) is 0 Å². The van der Waals surface area contributed by atoms with Gasteiger partial charge in [-0.05, 0) is 30.9 Å². The molecule has 1 atom stereocenters. The van der Waals surface area contributed by atoms with Crippen molar-refractivity contribution in [1.29, 1.82) is 0 Å². The van der Waals surface area contributed by atoms with E-state index >= 15 is 0 Å². The van der Waals surface area contributed by atoms with E-state index in [-0.39, 0.29) is 24.2 Å². The van der Waals surface area contributed by atoms with E-state index in [0.29, 0.717) is 39.0 Å². The summed E-state index contributed by atoms with van der Waals surface area (Å²) < 4.78 is 0. The maximum Gasteiger partial charge on any atom is 0.239 e. The molecule has 1 fully saturated rings. The second-order valence-electron chi connectivity index (χ2n) is 6.26. The predicted molar refractivity (Wildman–Crippen MR) is 106 cm³/mol. The standard InChI is InChI=1S/C18H27N3O2S.ClH/c1-14-3-5-15(6-4-14)13-17(22)20-8-10-21(11-9-20)18(23)16(19)7-12-24-2;/h3-6,16H,7-13,19H2,1-2H3;1H/t16-;/m0./s1. The Labute approximate surface area is 160 Å². The van der Waals surface area contributed by atoms with Crippen molar-refractivity contribution >= 4 is 36.0 Å². The number of nitrogens with zero attached hydrogens (tertiary/aromatic N) is 2. The highest BCUT2D eigenvalue weighted by Gasteiger charge is 2.26. The molecule has 2 N–H and O–H groups in total. The average Bonchev–Trinajstić information content (AvgIpc) is 2.61. The number of piperazine rings is 1. The topological polar surface area (TPSA) is 66.6 Å². The summed E-state index contributed by atoms with van der Waals surface area (Å²) in [6, 6.07) is 7.62. The number of halogens is 1. The zero-order valence-corrected chi connectivity index (χ0v) is 16.6. The zero-order valence-electron chi connectivity index (χ0n) is 14.9. The van der Waals surface area contributed by atoms with Gasteiger partial charge in [0, 0.05) is 26.2 Å². The van der Waals surface area contributed by atoms with Crippen LogP contribution in [0.25, 0.3) is 0 Å². The molecule has 1 heterocycles. The van der Waals surface area contributed by atoms with E-state index in [0.717, 1.165) is 11.3 Å². The molecule has 2 rings (SSSR count). The van der Waals surface area contributed by atoms with Crippen molar-refractivity contribution < 1.29 is 9.59 Å². The van der Waals surface area contributed by atoms with Crippen molar-refractivity contribution in [1.82, 2.24) is 9.80 Å². The lowest BCUT2D eigenvalue weighted by molar-refractivity contribution is -0.140. The minimum absolute atomic E-state index is 0. The van der Waals surface area contributed by atoms with E-state index in [1.807, 2.05) is 42.3 Å². The van der Waals surface area contributed by atoms with Crippen LogP contribution in [0.4, 0.5) is 0 Å². The summed E-state index contributed by atoms with van der Waals surface area (Å²) in [5, 5.41) is 0. The first kappa shape index (κ1) is 21.8. The van der Waals surface area contributed by atoms with Crippen LogP contribution in [-0.4, -0.2) is 65.8 Å². The molecule has 1 aromatic rings. The normalized spacial score (nSPS) is 15.5. The Kier molecular flexibility index (Phi) is 9.32. The van der Waals surface area contributed by atoms with Crippen LogP contribution in [0.1, 0.15) is 17.5 Å². The Balaban J connectivity index is 0.00000312. The molecule has 0 aliphatic carbocycles. The lowest BCUT2D eigenvalue weighted by atomic mass is 10.1. The molecule has 1 saturated heterocycles. The molecule has 5 nitrogen and oxygen atoms in total. The van der Waals surface area contributed by atoms with Crippen LogP contribution in [0.15, 0.2) is 24.3 Å². The molecule has 1 aromatic carbocycles. The number of hydrogen-bond acceptors (Lipinski definition) is 4. The Hall–Kier alpha value is -1.24. The first-order valence-corrected chi connectivity index (χ1v) is 9.77. The maximum atomic E-state index is 12.4. The molecule has 7 heteroatoms. The summed E-state index contributed by atoms with van der Waals surface area (Å²) in [6.45, 7) is 4.36. The third-order valence-electron chi connectivity index (χ3n) is 4.37. The third-order valence-corrected chi connectivity index (χ3v) is 5.01. The molecule has 25 heavy (non-hydrogen) atoms. The second-order valence-corrected chi connectivity index (χ2v) is 7.24. The smallest absolute Gasteiger partial charge is 0.239 e. The SMILES string of the molecule is CSCC[C@H](N)C(=O)N1CCN(C(=O)Cc2ccc(C)cc2)CC1.Cl. The van der Waals surface area contributed by atoms with Crippen molar-refractivity contribution in [3.63, 3.8) is 0 Å². The van der Waals surface area contributed by atoms with Gasteiger partial charge in [-0.3, -0.25) is 9.59 Å². The predicted octanol–water partition coefficient (Wildman–Crippen LogP) is 1.71. The molecule has 1 aliphatic rings. The van der Waals surface area contributed by atoms with E-state index in [1.54, 1.807) is 16.7 Å². The Morgan fingerprint density at radius 2 is 1.68 bits per heavy atom. The van der Waals surface area contributed by atoms with Gasteiger partial charge < -0.3 is 15.5 Å². The highest BCUT2D eigenvalue weighted by molar-refractivity contribution is 7.98. The second kappa shape index (κ2) is 10.7. The molecule has 0 saturated carbocycles. The molecule has 0 unspecified atom stereocenters. The van der Waals surface area contributed by atoms with Crippen LogP contribution >= 0.6 is 24.2 Å². The summed E-state index contributed by atoms with van der Waals surface area (Å²) in [5.74, 6) is 1.02. The minimum Gasteiger partial charge on any atom is -0.339 e. The molecule has 0 bridgehead atoms. The number of aryl methyl sites for hydroxylation is 1. The van der Waals surface area contributed by atoms with Gasteiger partial charge in [0.15, 0.2) is 0 Å². The first-order valence-electron chi connectivity index (χ1n) is 8.38. The van der Waals surface area contributed by atoms with E-state index < -0.39 is 6.04 Å². The fourth-order valence-corrected chi connectivity index (χ4v) is 3.26. The highest BCUT2D eigenvalue weighted by Crippen LogP contribution is 2.10. The van der Waals surface area contributed by atoms with Crippen molar-refractivity contribution in [3.8, 4) is 0 Å². The minimum atomic E-state index is -0.424. The Morgan fingerprint density at radius 1 is 1.12 bits per heavy atom. The molecular formula is C18H28ClN3O2S. The van der Waals surface area contributed by atoms with E-state index in [2.05, 4.69) is 0 Å². The molecule has 0 aromatic heterocycles. The molecule has 0 spiro atoms. The third kappa shape index (κ3) is 6.53. The van der Waals surface area contributed by atoms with Crippen LogP contribution < -0.4 is 5.73 Å². The fraction of sp³-hybridized carbons (Fsp3) is 0.556. The number of carbonyl (C=O) groups is 2. The molecule has 2 amide bonds. The van der Waals surface area contributed by atoms with Crippen LogP contribution in [-0.2, 0) is 16.0 Å². The van der Waals surface area contributed by atoms with Crippen molar-refractivity contribution in [2.45, 2.75) is 25.8 Å². The van der Waals surface area contributed by atoms with E-state index in [1.165, 1.54) is 5.56 Å². The number of amides is 2. The van der Waals surface area contributed by atoms with Crippen LogP contribution in [0, 0.1) is 6.92 Å². The number of nitrogens with two attached hydrogens (primary N) is 1. The monoisotopic (exact) mass is 385 g/mol. The van der Waals surface area contributed by atoms with Crippen molar-refractivity contribution in [2.24, 2.45) is 5.73 Å². The quantitative estimate of drug-likeness (QED) is 0.809. The summed E-state index contributed by atoms with van der Waals surface area (Å²) in [6.07, 6.45) is 3.13. The number of hydrogen-bond donors (Lipinski definition) is 1. The van der Waals surface area contributed by atoms with Crippen molar-refractivity contribution in [2.75, 3.05) is 38.2 Å². The van der Waals surface area contributed by atoms with Gasteiger partial charge in [0.1, 0.15) is 0 Å². The first-order chi connectivity index (χ1) is 11.5. The van der Waals surface area contributed by atoms with Gasteiger partial charge in [-0.15, -0.1) is 12.4 Å². The lowest BCUT2D eigenvalue weighted by Crippen LogP contribution is -2.54. The average molecular weight is 386 g/mol. The maximum absolute atomic E-state index is 12.4. The zero-order chi connectivity index (χ0) is 17.5. The van der Waals surface area contributed by atoms with E-state index in [9.17, 15) is 9.59 Å².